The molecule has 0 fully saturated rings. The summed E-state index contributed by atoms with van der Waals surface area (Å²) >= 11 is 6.26. The van der Waals surface area contributed by atoms with E-state index < -0.39 is 11.9 Å². The summed E-state index contributed by atoms with van der Waals surface area (Å²) in [4.78, 5) is 25.0. The molecule has 39 heavy (non-hydrogen) atoms. The maximum atomic E-state index is 12.7. The fraction of sp³-hybridized carbons (Fsp3) is 0.394. The number of carbonyl (C=O) groups is 2. The standard InChI is InChI=1S/C33H39ClO5/c1-4-6-7-8-9-10-21-37-28-17-15-26(16-18-28)25-11-13-27(14-12-25)32(35)39-29-19-20-30(31(34)22-29)33(36)38-23-24(3)5-2/h11-20,22,24H,4-10,21,23H2,1-3H3/t24-/m0/s1. The highest BCUT2D eigenvalue weighted by molar-refractivity contribution is 6.33. The summed E-state index contributed by atoms with van der Waals surface area (Å²) in [5, 5.41) is 0.171. The van der Waals surface area contributed by atoms with Gasteiger partial charge in [-0.3, -0.25) is 0 Å². The minimum Gasteiger partial charge on any atom is -0.494 e. The zero-order valence-corrected chi connectivity index (χ0v) is 24.0. The zero-order chi connectivity index (χ0) is 28.0. The van der Waals surface area contributed by atoms with Crippen LogP contribution >= 0.6 is 11.6 Å². The first-order valence-corrected chi connectivity index (χ1v) is 14.3. The average Bonchev–Trinajstić information content (AvgIpc) is 2.95. The Hall–Kier alpha value is -3.31. The van der Waals surface area contributed by atoms with Gasteiger partial charge in [-0.15, -0.1) is 0 Å². The van der Waals surface area contributed by atoms with Crippen LogP contribution in [0.2, 0.25) is 5.02 Å². The molecule has 6 heteroatoms. The fourth-order valence-corrected chi connectivity index (χ4v) is 4.17. The van der Waals surface area contributed by atoms with Crippen molar-refractivity contribution >= 4 is 23.5 Å². The molecule has 3 aromatic rings. The SMILES string of the molecule is CCCCCCCCOc1ccc(-c2ccc(C(=O)Oc3ccc(C(=O)OC[C@@H](C)CC)c(Cl)c3)cc2)cc1. The highest BCUT2D eigenvalue weighted by Gasteiger charge is 2.16. The van der Waals surface area contributed by atoms with Crippen LogP contribution in [0.15, 0.2) is 66.7 Å². The number of ether oxygens (including phenoxy) is 3. The zero-order valence-electron chi connectivity index (χ0n) is 23.2. The largest absolute Gasteiger partial charge is 0.494 e. The molecule has 0 bridgehead atoms. The summed E-state index contributed by atoms with van der Waals surface area (Å²) < 4.78 is 16.6. The van der Waals surface area contributed by atoms with Gasteiger partial charge >= 0.3 is 11.9 Å². The molecule has 0 radical (unpaired) electrons. The third-order valence-corrected chi connectivity index (χ3v) is 6.95. The van der Waals surface area contributed by atoms with Gasteiger partial charge in [-0.2, -0.15) is 0 Å². The summed E-state index contributed by atoms with van der Waals surface area (Å²) in [7, 11) is 0. The Labute approximate surface area is 237 Å². The van der Waals surface area contributed by atoms with E-state index >= 15 is 0 Å². The molecule has 0 saturated heterocycles. The van der Waals surface area contributed by atoms with E-state index in [4.69, 9.17) is 25.8 Å². The maximum Gasteiger partial charge on any atom is 0.343 e. The molecule has 0 spiro atoms. The van der Waals surface area contributed by atoms with E-state index in [2.05, 4.69) is 6.92 Å². The van der Waals surface area contributed by atoms with E-state index in [1.807, 2.05) is 50.2 Å². The Bertz CT molecular complexity index is 1190. The minimum absolute atomic E-state index is 0.171. The second-order valence-electron chi connectivity index (χ2n) is 9.86. The number of benzene rings is 3. The summed E-state index contributed by atoms with van der Waals surface area (Å²) in [6, 6.07) is 19.7. The van der Waals surface area contributed by atoms with Crippen LogP contribution in [0.4, 0.5) is 0 Å². The van der Waals surface area contributed by atoms with E-state index in [1.54, 1.807) is 12.1 Å². The van der Waals surface area contributed by atoms with Gasteiger partial charge in [-0.05, 0) is 59.9 Å². The van der Waals surface area contributed by atoms with Crippen LogP contribution in [0.25, 0.3) is 11.1 Å². The lowest BCUT2D eigenvalue weighted by Crippen LogP contribution is -2.12. The van der Waals surface area contributed by atoms with Gasteiger partial charge in [0.2, 0.25) is 0 Å². The molecule has 0 aliphatic carbocycles. The third-order valence-electron chi connectivity index (χ3n) is 6.64. The van der Waals surface area contributed by atoms with Crippen molar-refractivity contribution in [1.82, 2.24) is 0 Å². The second kappa shape index (κ2) is 15.9. The Balaban J connectivity index is 1.51. The molecule has 0 amide bonds. The van der Waals surface area contributed by atoms with Gasteiger partial charge in [0.15, 0.2) is 0 Å². The van der Waals surface area contributed by atoms with Crippen molar-refractivity contribution in [3.63, 3.8) is 0 Å². The average molecular weight is 551 g/mol. The van der Waals surface area contributed by atoms with Crippen LogP contribution in [0.3, 0.4) is 0 Å². The first-order chi connectivity index (χ1) is 18.9. The lowest BCUT2D eigenvalue weighted by Gasteiger charge is -2.11. The van der Waals surface area contributed by atoms with Crippen molar-refractivity contribution in [1.29, 1.82) is 0 Å². The van der Waals surface area contributed by atoms with Crippen LogP contribution in [0.5, 0.6) is 11.5 Å². The van der Waals surface area contributed by atoms with Crippen molar-refractivity contribution < 1.29 is 23.8 Å². The molecule has 0 saturated carbocycles. The van der Waals surface area contributed by atoms with E-state index in [9.17, 15) is 9.59 Å². The van der Waals surface area contributed by atoms with Crippen LogP contribution in [0, 0.1) is 5.92 Å². The minimum atomic E-state index is -0.511. The lowest BCUT2D eigenvalue weighted by molar-refractivity contribution is 0.0447. The quantitative estimate of drug-likeness (QED) is 0.107. The van der Waals surface area contributed by atoms with Crippen molar-refractivity contribution in [2.45, 2.75) is 65.7 Å². The van der Waals surface area contributed by atoms with Crippen molar-refractivity contribution in [3.05, 3.63) is 82.9 Å². The number of carbonyl (C=O) groups excluding carboxylic acids is 2. The van der Waals surface area contributed by atoms with Crippen molar-refractivity contribution in [2.24, 2.45) is 5.92 Å². The van der Waals surface area contributed by atoms with Crippen LogP contribution in [0.1, 0.15) is 86.4 Å². The summed E-state index contributed by atoms with van der Waals surface area (Å²) in [6.45, 7) is 7.33. The lowest BCUT2D eigenvalue weighted by atomic mass is 10.0. The molecule has 208 valence electrons. The highest BCUT2D eigenvalue weighted by Crippen LogP contribution is 2.26. The number of rotatable bonds is 15. The van der Waals surface area contributed by atoms with Crippen molar-refractivity contribution in [3.8, 4) is 22.6 Å². The molecule has 5 nitrogen and oxygen atoms in total. The number of esters is 2. The van der Waals surface area contributed by atoms with Gasteiger partial charge in [0, 0.05) is 6.07 Å². The fourth-order valence-electron chi connectivity index (χ4n) is 3.92. The third kappa shape index (κ3) is 9.74. The molecule has 0 aliphatic rings. The molecule has 0 aromatic heterocycles. The molecule has 0 unspecified atom stereocenters. The Morgan fingerprint density at radius 1 is 0.769 bits per heavy atom. The van der Waals surface area contributed by atoms with E-state index in [0.29, 0.717) is 12.2 Å². The predicted octanol–water partition coefficient (Wildman–Crippen LogP) is 9.17. The van der Waals surface area contributed by atoms with Gasteiger partial charge < -0.3 is 14.2 Å². The summed E-state index contributed by atoms with van der Waals surface area (Å²) in [5.41, 5.74) is 2.66. The molecule has 0 N–H and O–H groups in total. The van der Waals surface area contributed by atoms with Crippen LogP contribution < -0.4 is 9.47 Å². The monoisotopic (exact) mass is 550 g/mol. The number of halogens is 1. The van der Waals surface area contributed by atoms with E-state index in [1.165, 1.54) is 50.3 Å². The number of hydrogen-bond acceptors (Lipinski definition) is 5. The molecule has 0 aliphatic heterocycles. The summed E-state index contributed by atoms with van der Waals surface area (Å²) in [6.07, 6.45) is 8.35. The van der Waals surface area contributed by atoms with Gasteiger partial charge in [-0.1, -0.05) is 95.2 Å². The normalized spacial score (nSPS) is 11.6. The van der Waals surface area contributed by atoms with E-state index in [0.717, 1.165) is 36.3 Å². The second-order valence-corrected chi connectivity index (χ2v) is 10.3. The molecular weight excluding hydrogens is 512 g/mol. The van der Waals surface area contributed by atoms with Crippen LogP contribution in [-0.4, -0.2) is 25.2 Å². The maximum absolute atomic E-state index is 12.7. The Kier molecular flexibility index (Phi) is 12.4. The molecular formula is C33H39ClO5. The van der Waals surface area contributed by atoms with Gasteiger partial charge in [0.25, 0.3) is 0 Å². The van der Waals surface area contributed by atoms with Crippen molar-refractivity contribution in [2.75, 3.05) is 13.2 Å². The van der Waals surface area contributed by atoms with Gasteiger partial charge in [0.05, 0.1) is 29.4 Å². The number of unbranched alkanes of at least 4 members (excludes halogenated alkanes) is 5. The Morgan fingerprint density at radius 3 is 2.03 bits per heavy atom. The van der Waals surface area contributed by atoms with Gasteiger partial charge in [-0.25, -0.2) is 9.59 Å². The highest BCUT2D eigenvalue weighted by atomic mass is 35.5. The molecule has 3 aromatic carbocycles. The molecule has 3 rings (SSSR count). The number of hydrogen-bond donors (Lipinski definition) is 0. The first-order valence-electron chi connectivity index (χ1n) is 13.9. The van der Waals surface area contributed by atoms with E-state index in [-0.39, 0.29) is 22.3 Å². The van der Waals surface area contributed by atoms with Gasteiger partial charge in [0.1, 0.15) is 11.5 Å². The first kappa shape index (κ1) is 30.2. The topological polar surface area (TPSA) is 61.8 Å². The Morgan fingerprint density at radius 2 is 1.38 bits per heavy atom. The molecule has 0 heterocycles. The summed E-state index contributed by atoms with van der Waals surface area (Å²) in [5.74, 6) is 0.381. The smallest absolute Gasteiger partial charge is 0.343 e. The molecule has 1 atom stereocenters. The van der Waals surface area contributed by atoms with Crippen LogP contribution in [-0.2, 0) is 4.74 Å². The predicted molar refractivity (Wildman–Crippen MR) is 157 cm³/mol.